The second-order valence-electron chi connectivity index (χ2n) is 2.54. The third-order valence-corrected chi connectivity index (χ3v) is 1.61. The van der Waals surface area contributed by atoms with E-state index in [1.165, 1.54) is 6.08 Å². The molecule has 62 valence electrons. The summed E-state index contributed by atoms with van der Waals surface area (Å²) in [7, 11) is 0. The maximum absolute atomic E-state index is 10.6. The zero-order chi connectivity index (χ0) is 9.14. The summed E-state index contributed by atoms with van der Waals surface area (Å²) >= 11 is 0. The first-order valence-corrected chi connectivity index (χ1v) is 3.54. The van der Waals surface area contributed by atoms with Crippen LogP contribution < -0.4 is 0 Å². The van der Waals surface area contributed by atoms with Gasteiger partial charge in [0.05, 0.1) is 10.5 Å². The van der Waals surface area contributed by atoms with E-state index in [0.29, 0.717) is 5.56 Å². The number of hydrogen-bond donors (Lipinski definition) is 1. The molecule has 12 heavy (non-hydrogen) atoms. The Balaban J connectivity index is 3.29. The number of hydrogen-bond acceptors (Lipinski definition) is 1. The Morgan fingerprint density at radius 2 is 2.25 bits per heavy atom. The van der Waals surface area contributed by atoms with Crippen molar-refractivity contribution in [2.45, 2.75) is 6.92 Å². The van der Waals surface area contributed by atoms with Crippen molar-refractivity contribution in [1.29, 1.82) is 0 Å². The maximum Gasteiger partial charge on any atom is 0.323 e. The number of benzene rings is 1. The van der Waals surface area contributed by atoms with Gasteiger partial charge in [0.2, 0.25) is 0 Å². The lowest BCUT2D eigenvalue weighted by Crippen LogP contribution is -1.94. The van der Waals surface area contributed by atoms with Crippen LogP contribution in [0.25, 0.3) is 6.08 Å². The minimum absolute atomic E-state index is 0.156. The quantitative estimate of drug-likeness (QED) is 0.682. The highest BCUT2D eigenvalue weighted by Gasteiger charge is 2.15. The van der Waals surface area contributed by atoms with Crippen molar-refractivity contribution in [2.75, 3.05) is 0 Å². The molecule has 3 nitrogen and oxygen atoms in total. The lowest BCUT2D eigenvalue weighted by atomic mass is 10.1. The Labute approximate surface area is 70.5 Å². The molecule has 1 aromatic carbocycles. The zero-order valence-electron chi connectivity index (χ0n) is 6.82. The standard InChI is InChI=1S/C9H10NO2/c1-3-8-6-7(2)4-5-9(8)10(11)12/h3-6H,1H2,2H3,(H,11,12)/q+1. The molecule has 0 saturated carbocycles. The topological polar surface area (TPSA) is 40.3 Å². The molecule has 0 amide bonds. The van der Waals surface area contributed by atoms with E-state index in [1.807, 2.05) is 6.92 Å². The van der Waals surface area contributed by atoms with Crippen molar-refractivity contribution in [2.24, 2.45) is 0 Å². The average molecular weight is 164 g/mol. The van der Waals surface area contributed by atoms with Crippen LogP contribution in [0.3, 0.4) is 0 Å². The molecule has 3 heteroatoms. The van der Waals surface area contributed by atoms with Crippen LogP contribution in [0, 0.1) is 11.8 Å². The summed E-state index contributed by atoms with van der Waals surface area (Å²) in [5, 5.41) is 8.66. The minimum Gasteiger partial charge on any atom is -0.241 e. The first-order chi connectivity index (χ1) is 5.65. The Bertz CT molecular complexity index is 331. The van der Waals surface area contributed by atoms with E-state index in [9.17, 15) is 4.91 Å². The molecule has 1 aromatic rings. The number of aryl methyl sites for hydroxylation is 1. The number of nitrogens with zero attached hydrogens (tertiary/aromatic N) is 1. The molecular formula is C9H10NO2+. The second kappa shape index (κ2) is 3.17. The van der Waals surface area contributed by atoms with Crippen LogP contribution in [0.15, 0.2) is 24.8 Å². The molecule has 0 atom stereocenters. The molecule has 0 heterocycles. The van der Waals surface area contributed by atoms with Crippen molar-refractivity contribution in [3.05, 3.63) is 40.8 Å². The Kier molecular flexibility index (Phi) is 2.24. The van der Waals surface area contributed by atoms with Gasteiger partial charge in [0.15, 0.2) is 0 Å². The third-order valence-electron chi connectivity index (χ3n) is 1.61. The molecule has 0 unspecified atom stereocenters. The van der Waals surface area contributed by atoms with Crippen molar-refractivity contribution < 1.29 is 10.1 Å². The smallest absolute Gasteiger partial charge is 0.241 e. The largest absolute Gasteiger partial charge is 0.323 e. The van der Waals surface area contributed by atoms with Gasteiger partial charge in [0, 0.05) is 6.07 Å². The molecule has 0 bridgehead atoms. The van der Waals surface area contributed by atoms with E-state index in [0.717, 1.165) is 5.56 Å². The second-order valence-corrected chi connectivity index (χ2v) is 2.54. The van der Waals surface area contributed by atoms with Gasteiger partial charge in [-0.25, -0.2) is 5.21 Å². The summed E-state index contributed by atoms with van der Waals surface area (Å²) in [6, 6.07) is 5.09. The van der Waals surface area contributed by atoms with Crippen molar-refractivity contribution in [3.63, 3.8) is 0 Å². The summed E-state index contributed by atoms with van der Waals surface area (Å²) < 4.78 is 0. The molecule has 1 rings (SSSR count). The van der Waals surface area contributed by atoms with Crippen LogP contribution in [0.1, 0.15) is 11.1 Å². The van der Waals surface area contributed by atoms with Gasteiger partial charge in [-0.1, -0.05) is 24.3 Å². The predicted octanol–water partition coefficient (Wildman–Crippen LogP) is 2.44. The maximum atomic E-state index is 10.6. The van der Waals surface area contributed by atoms with Gasteiger partial charge in [-0.15, -0.1) is 0 Å². The van der Waals surface area contributed by atoms with E-state index in [4.69, 9.17) is 5.21 Å². The highest BCUT2D eigenvalue weighted by molar-refractivity contribution is 5.60. The highest BCUT2D eigenvalue weighted by Crippen LogP contribution is 2.19. The molecule has 1 N–H and O–H groups in total. The van der Waals surface area contributed by atoms with Crippen LogP contribution in [0.4, 0.5) is 5.69 Å². The average Bonchev–Trinajstić information content (AvgIpc) is 2.03. The van der Waals surface area contributed by atoms with E-state index in [2.05, 4.69) is 6.58 Å². The summed E-state index contributed by atoms with van der Waals surface area (Å²) in [6.07, 6.45) is 1.53. The SMILES string of the molecule is C=Cc1cc(C)ccc1[N+](=O)O. The fourth-order valence-electron chi connectivity index (χ4n) is 1.01. The Morgan fingerprint density at radius 3 is 2.75 bits per heavy atom. The highest BCUT2D eigenvalue weighted by atomic mass is 16.6. The van der Waals surface area contributed by atoms with E-state index in [1.54, 1.807) is 18.2 Å². The van der Waals surface area contributed by atoms with Crippen LogP contribution in [-0.2, 0) is 0 Å². The van der Waals surface area contributed by atoms with Gasteiger partial charge in [-0.05, 0) is 13.0 Å². The normalized spacial score (nSPS) is 9.42. The fraction of sp³-hybridized carbons (Fsp3) is 0.111. The van der Waals surface area contributed by atoms with E-state index < -0.39 is 0 Å². The molecule has 0 aliphatic rings. The first kappa shape index (κ1) is 8.46. The minimum atomic E-state index is -0.156. The summed E-state index contributed by atoms with van der Waals surface area (Å²) in [5.74, 6) is 0. The van der Waals surface area contributed by atoms with E-state index in [-0.39, 0.29) is 10.6 Å². The molecule has 0 aliphatic carbocycles. The monoisotopic (exact) mass is 164 g/mol. The van der Waals surface area contributed by atoms with Crippen LogP contribution in [0.2, 0.25) is 0 Å². The Morgan fingerprint density at radius 1 is 1.58 bits per heavy atom. The molecule has 0 spiro atoms. The number of rotatable bonds is 2. The van der Waals surface area contributed by atoms with Gasteiger partial charge in [-0.2, -0.15) is 0 Å². The van der Waals surface area contributed by atoms with Crippen molar-refractivity contribution >= 4 is 11.8 Å². The van der Waals surface area contributed by atoms with Gasteiger partial charge in [0.1, 0.15) is 0 Å². The Hall–Kier alpha value is -1.64. The summed E-state index contributed by atoms with van der Waals surface area (Å²) in [6.45, 7) is 5.44. The molecule has 0 aliphatic heterocycles. The van der Waals surface area contributed by atoms with Gasteiger partial charge in [-0.3, -0.25) is 0 Å². The van der Waals surface area contributed by atoms with Crippen molar-refractivity contribution in [3.8, 4) is 0 Å². The van der Waals surface area contributed by atoms with Gasteiger partial charge in [0.25, 0.3) is 4.92 Å². The molecular weight excluding hydrogens is 154 g/mol. The van der Waals surface area contributed by atoms with Crippen LogP contribution in [-0.4, -0.2) is 10.1 Å². The van der Waals surface area contributed by atoms with Gasteiger partial charge < -0.3 is 0 Å². The lowest BCUT2D eigenvalue weighted by Gasteiger charge is -1.94. The molecule has 0 saturated heterocycles. The van der Waals surface area contributed by atoms with Crippen LogP contribution in [0.5, 0.6) is 0 Å². The zero-order valence-corrected chi connectivity index (χ0v) is 6.82. The molecule has 0 fully saturated rings. The lowest BCUT2D eigenvalue weighted by molar-refractivity contribution is -0.729. The third kappa shape index (κ3) is 1.50. The summed E-state index contributed by atoms with van der Waals surface area (Å²) in [4.78, 5) is 10.4. The molecule has 0 radical (unpaired) electrons. The van der Waals surface area contributed by atoms with Crippen molar-refractivity contribution in [1.82, 2.24) is 0 Å². The van der Waals surface area contributed by atoms with Crippen LogP contribution >= 0.6 is 0 Å². The van der Waals surface area contributed by atoms with Gasteiger partial charge >= 0.3 is 5.69 Å². The fourth-order valence-corrected chi connectivity index (χ4v) is 1.01. The first-order valence-electron chi connectivity index (χ1n) is 3.54. The summed E-state index contributed by atoms with van der Waals surface area (Å²) in [5.41, 5.74) is 1.87. The molecule has 0 aromatic heterocycles. The predicted molar refractivity (Wildman–Crippen MR) is 46.3 cm³/mol. The van der Waals surface area contributed by atoms with E-state index >= 15 is 0 Å².